The zero-order chi connectivity index (χ0) is 15.1. The van der Waals surface area contributed by atoms with E-state index in [1.54, 1.807) is 12.1 Å². The van der Waals surface area contributed by atoms with Crippen molar-refractivity contribution in [3.63, 3.8) is 0 Å². The molecule has 2 aromatic rings. The van der Waals surface area contributed by atoms with Gasteiger partial charge in [0, 0.05) is 29.7 Å². The Hall–Kier alpha value is -1.88. The molecule has 0 aromatic heterocycles. The van der Waals surface area contributed by atoms with Crippen LogP contribution in [0.15, 0.2) is 53.0 Å². The fourth-order valence-electron chi connectivity index (χ4n) is 1.78. The molecular formula is C16H16BrFN2O. The monoisotopic (exact) mass is 350 g/mol. The molecule has 3 nitrogen and oxygen atoms in total. The first kappa shape index (κ1) is 15.5. The highest BCUT2D eigenvalue weighted by Gasteiger charge is 2.01. The molecule has 0 saturated heterocycles. The smallest absolute Gasteiger partial charge is 0.222 e. The molecule has 0 radical (unpaired) electrons. The second-order valence-electron chi connectivity index (χ2n) is 4.59. The molecular weight excluding hydrogens is 335 g/mol. The van der Waals surface area contributed by atoms with Crippen LogP contribution in [0, 0.1) is 5.82 Å². The maximum absolute atomic E-state index is 12.7. The molecule has 0 atom stereocenters. The molecule has 0 aliphatic carbocycles. The van der Waals surface area contributed by atoms with E-state index in [2.05, 4.69) is 26.6 Å². The molecule has 2 rings (SSSR count). The maximum atomic E-state index is 12.7. The lowest BCUT2D eigenvalue weighted by atomic mass is 10.2. The Balaban J connectivity index is 1.67. The molecule has 21 heavy (non-hydrogen) atoms. The lowest BCUT2D eigenvalue weighted by Crippen LogP contribution is -2.24. The molecule has 2 N–H and O–H groups in total. The first-order valence-electron chi connectivity index (χ1n) is 6.64. The average molecular weight is 351 g/mol. The summed E-state index contributed by atoms with van der Waals surface area (Å²) in [6.45, 7) is 0.980. The molecule has 0 bridgehead atoms. The topological polar surface area (TPSA) is 41.1 Å². The van der Waals surface area contributed by atoms with Crippen molar-refractivity contribution >= 4 is 27.5 Å². The highest BCUT2D eigenvalue weighted by molar-refractivity contribution is 9.10. The standard InChI is InChI=1S/C16H16BrFN2O/c17-13-3-7-15(8-4-13)19-10-9-16(21)20-11-12-1-5-14(18)6-2-12/h1-8,19H,9-11H2,(H,20,21). The summed E-state index contributed by atoms with van der Waals surface area (Å²) >= 11 is 3.37. The van der Waals surface area contributed by atoms with Crippen molar-refractivity contribution in [2.75, 3.05) is 11.9 Å². The molecule has 1 amide bonds. The van der Waals surface area contributed by atoms with Crippen LogP contribution in [0.2, 0.25) is 0 Å². The van der Waals surface area contributed by atoms with E-state index in [0.717, 1.165) is 15.7 Å². The maximum Gasteiger partial charge on any atom is 0.222 e. The number of amides is 1. The lowest BCUT2D eigenvalue weighted by Gasteiger charge is -2.08. The predicted molar refractivity (Wildman–Crippen MR) is 85.5 cm³/mol. The van der Waals surface area contributed by atoms with Gasteiger partial charge >= 0.3 is 0 Å². The highest BCUT2D eigenvalue weighted by atomic mass is 79.9. The number of hydrogen-bond acceptors (Lipinski definition) is 2. The molecule has 2 aromatic carbocycles. The van der Waals surface area contributed by atoms with Crippen molar-refractivity contribution in [2.45, 2.75) is 13.0 Å². The van der Waals surface area contributed by atoms with Gasteiger partial charge in [-0.05, 0) is 42.0 Å². The van der Waals surface area contributed by atoms with Gasteiger partial charge in [-0.25, -0.2) is 4.39 Å². The van der Waals surface area contributed by atoms with E-state index >= 15 is 0 Å². The van der Waals surface area contributed by atoms with E-state index in [0.29, 0.717) is 19.5 Å². The zero-order valence-corrected chi connectivity index (χ0v) is 13.0. The predicted octanol–water partition coefficient (Wildman–Crippen LogP) is 3.71. The second-order valence-corrected chi connectivity index (χ2v) is 5.50. The van der Waals surface area contributed by atoms with Crippen molar-refractivity contribution in [3.05, 3.63) is 64.4 Å². The average Bonchev–Trinajstić information content (AvgIpc) is 2.49. The van der Waals surface area contributed by atoms with E-state index < -0.39 is 0 Å². The minimum atomic E-state index is -0.274. The Morgan fingerprint density at radius 3 is 2.38 bits per heavy atom. The van der Waals surface area contributed by atoms with Gasteiger partial charge < -0.3 is 10.6 Å². The third-order valence-corrected chi connectivity index (χ3v) is 3.46. The second kappa shape index (κ2) is 7.78. The summed E-state index contributed by atoms with van der Waals surface area (Å²) in [5.74, 6) is -0.312. The number of halogens is 2. The summed E-state index contributed by atoms with van der Waals surface area (Å²) in [5.41, 5.74) is 1.86. The third-order valence-electron chi connectivity index (χ3n) is 2.93. The van der Waals surface area contributed by atoms with Gasteiger partial charge in [0.2, 0.25) is 5.91 Å². The van der Waals surface area contributed by atoms with Crippen LogP contribution >= 0.6 is 15.9 Å². The number of benzene rings is 2. The van der Waals surface area contributed by atoms with Crippen LogP contribution < -0.4 is 10.6 Å². The van der Waals surface area contributed by atoms with E-state index in [1.165, 1.54) is 12.1 Å². The number of carbonyl (C=O) groups is 1. The van der Waals surface area contributed by atoms with Crippen LogP contribution in [-0.2, 0) is 11.3 Å². The Morgan fingerprint density at radius 2 is 1.71 bits per heavy atom. The summed E-state index contributed by atoms with van der Waals surface area (Å²) in [7, 11) is 0. The van der Waals surface area contributed by atoms with Crippen LogP contribution in [0.5, 0.6) is 0 Å². The van der Waals surface area contributed by atoms with Gasteiger partial charge in [-0.3, -0.25) is 4.79 Å². The molecule has 0 aliphatic heterocycles. The van der Waals surface area contributed by atoms with Crippen molar-refractivity contribution in [1.82, 2.24) is 5.32 Å². The Bertz CT molecular complexity index is 584. The van der Waals surface area contributed by atoms with Crippen LogP contribution in [0.4, 0.5) is 10.1 Å². The fourth-order valence-corrected chi connectivity index (χ4v) is 2.04. The minimum Gasteiger partial charge on any atom is -0.385 e. The number of rotatable bonds is 6. The molecule has 110 valence electrons. The van der Waals surface area contributed by atoms with E-state index in [9.17, 15) is 9.18 Å². The zero-order valence-electron chi connectivity index (χ0n) is 11.4. The summed E-state index contributed by atoms with van der Waals surface area (Å²) < 4.78 is 13.8. The Labute approximate surface area is 131 Å². The highest BCUT2D eigenvalue weighted by Crippen LogP contribution is 2.13. The number of anilines is 1. The number of carbonyl (C=O) groups excluding carboxylic acids is 1. The van der Waals surface area contributed by atoms with Crippen molar-refractivity contribution in [1.29, 1.82) is 0 Å². The third kappa shape index (κ3) is 5.55. The first-order valence-corrected chi connectivity index (χ1v) is 7.43. The van der Waals surface area contributed by atoms with Gasteiger partial charge in [0.1, 0.15) is 5.82 Å². The molecule has 0 aliphatic rings. The van der Waals surface area contributed by atoms with Crippen molar-refractivity contribution < 1.29 is 9.18 Å². The lowest BCUT2D eigenvalue weighted by molar-refractivity contribution is -0.121. The van der Waals surface area contributed by atoms with E-state index in [4.69, 9.17) is 0 Å². The van der Waals surface area contributed by atoms with Gasteiger partial charge in [-0.15, -0.1) is 0 Å². The van der Waals surface area contributed by atoms with Crippen LogP contribution in [0.1, 0.15) is 12.0 Å². The normalized spacial score (nSPS) is 10.2. The molecule has 0 heterocycles. The van der Waals surface area contributed by atoms with Gasteiger partial charge in [-0.1, -0.05) is 28.1 Å². The van der Waals surface area contributed by atoms with Gasteiger partial charge in [-0.2, -0.15) is 0 Å². The fraction of sp³-hybridized carbons (Fsp3) is 0.188. The SMILES string of the molecule is O=C(CCNc1ccc(Br)cc1)NCc1ccc(F)cc1. The summed E-state index contributed by atoms with van der Waals surface area (Å²) in [4.78, 5) is 11.7. The Morgan fingerprint density at radius 1 is 1.05 bits per heavy atom. The van der Waals surface area contributed by atoms with Gasteiger partial charge in [0.05, 0.1) is 0 Å². The van der Waals surface area contributed by atoms with Crippen LogP contribution in [0.3, 0.4) is 0 Å². The first-order chi connectivity index (χ1) is 10.1. The molecule has 0 unspecified atom stereocenters. The van der Waals surface area contributed by atoms with Gasteiger partial charge in [0.15, 0.2) is 0 Å². The summed E-state index contributed by atoms with van der Waals surface area (Å²) in [6, 6.07) is 13.9. The quantitative estimate of drug-likeness (QED) is 0.833. The molecule has 0 saturated carbocycles. The summed E-state index contributed by atoms with van der Waals surface area (Å²) in [5, 5.41) is 5.98. The van der Waals surface area contributed by atoms with Gasteiger partial charge in [0.25, 0.3) is 0 Å². The van der Waals surface area contributed by atoms with Crippen molar-refractivity contribution in [3.8, 4) is 0 Å². The molecule has 0 fully saturated rings. The van der Waals surface area contributed by atoms with E-state index in [-0.39, 0.29) is 11.7 Å². The van der Waals surface area contributed by atoms with E-state index in [1.807, 2.05) is 24.3 Å². The minimum absolute atomic E-state index is 0.0380. The van der Waals surface area contributed by atoms with Crippen molar-refractivity contribution in [2.24, 2.45) is 0 Å². The van der Waals surface area contributed by atoms with Crippen LogP contribution in [0.25, 0.3) is 0 Å². The molecule has 0 spiro atoms. The largest absolute Gasteiger partial charge is 0.385 e. The Kier molecular flexibility index (Phi) is 5.75. The summed E-state index contributed by atoms with van der Waals surface area (Å²) in [6.07, 6.45) is 0.386. The van der Waals surface area contributed by atoms with Crippen LogP contribution in [-0.4, -0.2) is 12.5 Å². The number of hydrogen-bond donors (Lipinski definition) is 2. The number of nitrogens with one attached hydrogen (secondary N) is 2. The molecule has 5 heteroatoms.